The highest BCUT2D eigenvalue weighted by molar-refractivity contribution is 7.92. The van der Waals surface area contributed by atoms with E-state index in [0.29, 0.717) is 67.8 Å². The summed E-state index contributed by atoms with van der Waals surface area (Å²) in [4.78, 5) is 14.2. The summed E-state index contributed by atoms with van der Waals surface area (Å²) >= 11 is 0. The molecule has 0 unspecified atom stereocenters. The zero-order valence-electron chi connectivity index (χ0n) is 21.2. The molecule has 5 rings (SSSR count). The van der Waals surface area contributed by atoms with Gasteiger partial charge in [-0.3, -0.25) is 9.93 Å². The number of hydrogen-bond acceptors (Lipinski definition) is 10. The molecule has 4 heterocycles. The number of morpholine rings is 2. The van der Waals surface area contributed by atoms with E-state index < -0.39 is 10.0 Å². The van der Waals surface area contributed by atoms with E-state index in [0.717, 1.165) is 22.4 Å². The monoisotopic (exact) mass is 528 g/mol. The summed E-state index contributed by atoms with van der Waals surface area (Å²) in [6.07, 6.45) is 6.36. The number of fused-ring (bicyclic) bond motifs is 1. The molecule has 0 spiro atoms. The van der Waals surface area contributed by atoms with Crippen molar-refractivity contribution < 1.29 is 23.1 Å². The summed E-state index contributed by atoms with van der Waals surface area (Å²) in [6.45, 7) is 7.93. The Bertz CT molecular complexity index is 1430. The average Bonchev–Trinajstić information content (AvgIpc) is 3.01. The van der Waals surface area contributed by atoms with Crippen molar-refractivity contribution in [3.05, 3.63) is 46.5 Å². The smallest absolute Gasteiger partial charge is 0.229 e. The number of nitrogens with zero attached hydrogens (tertiary/aromatic N) is 5. The third kappa shape index (κ3) is 5.57. The lowest BCUT2D eigenvalue weighted by Gasteiger charge is -2.36. The number of allylic oxidation sites excluding steroid dienone is 1. The maximum absolute atomic E-state index is 11.7. The highest BCUT2D eigenvalue weighted by Crippen LogP contribution is 2.24. The average molecular weight is 529 g/mol. The van der Waals surface area contributed by atoms with Crippen LogP contribution in [0.15, 0.2) is 30.3 Å². The number of sulfonamides is 1. The molecule has 3 aliphatic heterocycles. The molecule has 2 saturated heterocycles. The number of hydrogen-bond donors (Lipinski definition) is 2. The Kier molecular flexibility index (Phi) is 7.08. The molecular weight excluding hydrogens is 496 g/mol. The maximum atomic E-state index is 11.7. The number of nitrogens with one attached hydrogen (secondary N) is 1. The van der Waals surface area contributed by atoms with Gasteiger partial charge in [-0.1, -0.05) is 12.1 Å². The zero-order valence-corrected chi connectivity index (χ0v) is 22.0. The molecule has 0 amide bonds. The van der Waals surface area contributed by atoms with Crippen LogP contribution in [0.3, 0.4) is 0 Å². The van der Waals surface area contributed by atoms with Gasteiger partial charge in [-0.05, 0) is 38.1 Å². The Morgan fingerprint density at radius 3 is 2.41 bits per heavy atom. The van der Waals surface area contributed by atoms with Crippen molar-refractivity contribution >= 4 is 45.4 Å². The summed E-state index contributed by atoms with van der Waals surface area (Å²) in [5, 5.41) is 13.5. The first-order valence-electron chi connectivity index (χ1n) is 12.3. The fraction of sp³-hybridized carbons (Fsp3) is 0.440. The lowest BCUT2D eigenvalue weighted by Crippen LogP contribution is -2.50. The summed E-state index contributed by atoms with van der Waals surface area (Å²) in [6, 6.07) is 7.09. The van der Waals surface area contributed by atoms with E-state index in [1.54, 1.807) is 36.5 Å². The van der Waals surface area contributed by atoms with Gasteiger partial charge >= 0.3 is 0 Å². The summed E-state index contributed by atoms with van der Waals surface area (Å²) in [5.41, 5.74) is 1.51. The van der Waals surface area contributed by atoms with Crippen molar-refractivity contribution in [1.29, 1.82) is 0 Å². The van der Waals surface area contributed by atoms with E-state index in [2.05, 4.69) is 28.4 Å². The minimum Gasteiger partial charge on any atom is -0.377 e. The van der Waals surface area contributed by atoms with Crippen LogP contribution < -0.4 is 25.1 Å². The van der Waals surface area contributed by atoms with Gasteiger partial charge in [0.25, 0.3) is 0 Å². The Morgan fingerprint density at radius 2 is 1.73 bits per heavy atom. The molecule has 12 heteroatoms. The van der Waals surface area contributed by atoms with E-state index >= 15 is 0 Å². The molecule has 0 saturated carbocycles. The van der Waals surface area contributed by atoms with Gasteiger partial charge in [-0.15, -0.1) is 0 Å². The molecule has 3 aliphatic rings. The second kappa shape index (κ2) is 10.3. The Morgan fingerprint density at radius 1 is 1.03 bits per heavy atom. The highest BCUT2D eigenvalue weighted by atomic mass is 32.2. The van der Waals surface area contributed by atoms with Gasteiger partial charge in [0.05, 0.1) is 62.0 Å². The number of aromatic nitrogens is 2. The number of rotatable bonds is 5. The Balaban J connectivity index is 1.63. The SMILES string of the molecule is C[C@H]1COCCN1c1nc(N2CCOC[C@@H]2C)c2c(n1)=CN(O)C(c1cccc(NS(C)(=O)=O)c1)=CC=2. The zero-order chi connectivity index (χ0) is 26.2. The molecule has 37 heavy (non-hydrogen) atoms. The van der Waals surface area contributed by atoms with Gasteiger partial charge in [-0.2, -0.15) is 4.98 Å². The van der Waals surface area contributed by atoms with Crippen LogP contribution in [0.1, 0.15) is 19.4 Å². The summed E-state index contributed by atoms with van der Waals surface area (Å²) in [5.74, 6) is 1.37. The standard InChI is InChI=1S/C25H32N6O5S/c1-17-15-35-11-9-29(17)24-21-7-8-23(19-5-4-6-20(13-19)28-37(3,33)34)31(32)14-22(21)26-25(27-24)30-10-12-36-16-18(30)2/h4-8,13-14,17-18,28,32H,9-12,15-16H2,1-3H3/t17-,18-/m0/s1. The lowest BCUT2D eigenvalue weighted by atomic mass is 10.1. The fourth-order valence-corrected chi connectivity index (χ4v) is 5.30. The van der Waals surface area contributed by atoms with E-state index in [9.17, 15) is 13.6 Å². The molecule has 0 aliphatic carbocycles. The van der Waals surface area contributed by atoms with Gasteiger partial charge < -0.3 is 19.3 Å². The van der Waals surface area contributed by atoms with Crippen LogP contribution in [-0.4, -0.2) is 86.5 Å². The van der Waals surface area contributed by atoms with Gasteiger partial charge in [0.15, 0.2) is 0 Å². The number of ether oxygens (including phenoxy) is 2. The van der Waals surface area contributed by atoms with E-state index in [-0.39, 0.29) is 12.1 Å². The minimum atomic E-state index is -3.44. The third-order valence-corrected chi connectivity index (χ3v) is 7.17. The van der Waals surface area contributed by atoms with Crippen LogP contribution in [0.5, 0.6) is 0 Å². The molecule has 0 bridgehead atoms. The van der Waals surface area contributed by atoms with Gasteiger partial charge in [0.1, 0.15) is 5.82 Å². The molecule has 0 radical (unpaired) electrons. The molecule has 1 aromatic carbocycles. The van der Waals surface area contributed by atoms with Crippen LogP contribution in [-0.2, 0) is 19.5 Å². The third-order valence-electron chi connectivity index (χ3n) is 6.57. The fourth-order valence-electron chi connectivity index (χ4n) is 4.74. The minimum absolute atomic E-state index is 0.112. The molecule has 198 valence electrons. The maximum Gasteiger partial charge on any atom is 0.229 e. The van der Waals surface area contributed by atoms with Gasteiger partial charge in [-0.25, -0.2) is 18.5 Å². The van der Waals surface area contributed by atoms with Crippen LogP contribution in [0.4, 0.5) is 17.5 Å². The number of anilines is 3. The van der Waals surface area contributed by atoms with Crippen LogP contribution in [0, 0.1) is 0 Å². The molecule has 2 atom stereocenters. The summed E-state index contributed by atoms with van der Waals surface area (Å²) in [7, 11) is -3.44. The van der Waals surface area contributed by atoms with E-state index in [1.165, 1.54) is 0 Å². The molecular formula is C25H32N6O5S. The highest BCUT2D eigenvalue weighted by Gasteiger charge is 2.27. The Labute approximate surface area is 216 Å². The topological polar surface area (TPSA) is 120 Å². The van der Waals surface area contributed by atoms with E-state index in [1.807, 2.05) is 6.08 Å². The lowest BCUT2D eigenvalue weighted by molar-refractivity contribution is 0.0452. The first-order valence-corrected chi connectivity index (χ1v) is 14.2. The van der Waals surface area contributed by atoms with Crippen molar-refractivity contribution in [2.75, 3.05) is 60.3 Å². The van der Waals surface area contributed by atoms with Crippen LogP contribution in [0.25, 0.3) is 18.0 Å². The summed E-state index contributed by atoms with van der Waals surface area (Å²) < 4.78 is 37.2. The Hall–Kier alpha value is -3.19. The van der Waals surface area contributed by atoms with Gasteiger partial charge in [0.2, 0.25) is 16.0 Å². The second-order valence-corrected chi connectivity index (χ2v) is 11.3. The predicted octanol–water partition coefficient (Wildman–Crippen LogP) is 0.563. The predicted molar refractivity (Wildman–Crippen MR) is 142 cm³/mol. The molecule has 2 fully saturated rings. The van der Waals surface area contributed by atoms with E-state index in [4.69, 9.17) is 19.4 Å². The molecule has 11 nitrogen and oxygen atoms in total. The first-order chi connectivity index (χ1) is 17.7. The molecule has 2 aromatic rings. The van der Waals surface area contributed by atoms with Crippen molar-refractivity contribution in [2.45, 2.75) is 25.9 Å². The van der Waals surface area contributed by atoms with Gasteiger partial charge in [0, 0.05) is 29.6 Å². The molecule has 2 N–H and O–H groups in total. The second-order valence-electron chi connectivity index (χ2n) is 9.53. The number of hydroxylamine groups is 2. The van der Waals surface area contributed by atoms with Crippen molar-refractivity contribution in [1.82, 2.24) is 15.0 Å². The van der Waals surface area contributed by atoms with Crippen molar-refractivity contribution in [3.8, 4) is 0 Å². The van der Waals surface area contributed by atoms with Crippen LogP contribution >= 0.6 is 0 Å². The quantitative estimate of drug-likeness (QED) is 0.570. The van der Waals surface area contributed by atoms with Crippen molar-refractivity contribution in [2.24, 2.45) is 0 Å². The first kappa shape index (κ1) is 25.5. The largest absolute Gasteiger partial charge is 0.377 e. The van der Waals surface area contributed by atoms with Crippen LogP contribution in [0.2, 0.25) is 0 Å². The van der Waals surface area contributed by atoms with Crippen molar-refractivity contribution in [3.63, 3.8) is 0 Å². The molecule has 1 aromatic heterocycles. The number of benzene rings is 1. The normalized spacial score (nSPS) is 22.4.